The van der Waals surface area contributed by atoms with Crippen LogP contribution in [0.5, 0.6) is 0 Å². The van der Waals surface area contributed by atoms with Crippen molar-refractivity contribution in [3.05, 3.63) is 24.2 Å². The number of aromatic amines is 1. The first-order valence-corrected chi connectivity index (χ1v) is 3.30. The first-order chi connectivity index (χ1) is 5.77. The Morgan fingerprint density at radius 3 is 3.00 bits per heavy atom. The molecule has 2 N–H and O–H groups in total. The number of imidazole rings is 1. The molecule has 2 aliphatic heterocycles. The monoisotopic (exact) mass is 163 g/mol. The lowest BCUT2D eigenvalue weighted by Gasteiger charge is -1.97. The van der Waals surface area contributed by atoms with Gasteiger partial charge < -0.3 is 10.1 Å². The number of carboxylic acids is 1. The van der Waals surface area contributed by atoms with Gasteiger partial charge in [-0.2, -0.15) is 0 Å². The largest absolute Gasteiger partial charge is 0.477 e. The maximum Gasteiger partial charge on any atom is 0.352 e. The van der Waals surface area contributed by atoms with Gasteiger partial charge in [-0.1, -0.05) is 0 Å². The van der Waals surface area contributed by atoms with E-state index in [-0.39, 0.29) is 5.69 Å². The van der Waals surface area contributed by atoms with E-state index in [2.05, 4.69) is 15.0 Å². The molecule has 60 valence electrons. The fraction of sp³-hybridized carbons (Fsp3) is 0. The van der Waals surface area contributed by atoms with Gasteiger partial charge in [-0.25, -0.2) is 14.8 Å². The minimum atomic E-state index is -1.00. The predicted molar refractivity (Wildman–Crippen MR) is 40.0 cm³/mol. The van der Waals surface area contributed by atoms with Crippen LogP contribution in [0.4, 0.5) is 0 Å². The second-order valence-corrected chi connectivity index (χ2v) is 2.28. The van der Waals surface area contributed by atoms with Crippen LogP contribution in [0.1, 0.15) is 10.5 Å². The minimum Gasteiger partial charge on any atom is -0.477 e. The number of nitrogens with one attached hydrogen (secondary N) is 1. The molecule has 0 amide bonds. The lowest BCUT2D eigenvalue weighted by molar-refractivity contribution is 0.0690. The molecule has 5 heteroatoms. The molecule has 0 bridgehead atoms. The van der Waals surface area contributed by atoms with E-state index in [1.54, 1.807) is 6.07 Å². The number of fused-ring (bicyclic) bond motifs is 1. The quantitative estimate of drug-likeness (QED) is 0.645. The SMILES string of the molecule is O=C(O)c1ccc2ncnc-2[nH]1. The number of pyridine rings is 1. The van der Waals surface area contributed by atoms with Gasteiger partial charge in [0.15, 0.2) is 5.82 Å². The van der Waals surface area contributed by atoms with E-state index in [9.17, 15) is 4.79 Å². The van der Waals surface area contributed by atoms with Gasteiger partial charge >= 0.3 is 5.97 Å². The Kier molecular flexibility index (Phi) is 1.30. The first-order valence-electron chi connectivity index (χ1n) is 3.30. The molecule has 0 atom stereocenters. The zero-order chi connectivity index (χ0) is 8.55. The van der Waals surface area contributed by atoms with Crippen LogP contribution in [0.25, 0.3) is 11.5 Å². The number of carboxylic acid groups (broad SMARTS) is 1. The molecule has 0 fully saturated rings. The van der Waals surface area contributed by atoms with Crippen LogP contribution in [0, 0.1) is 0 Å². The molecule has 0 aromatic carbocycles. The standard InChI is InChI=1S/C7H5N3O2/c11-7(12)5-2-1-4-6(10-5)9-3-8-4/h1-3H,(H,11,12)(H,8,9,10). The number of aromatic nitrogens is 3. The summed E-state index contributed by atoms with van der Waals surface area (Å²) in [5.41, 5.74) is 0.781. The van der Waals surface area contributed by atoms with Gasteiger partial charge in [0.05, 0.1) is 0 Å². The van der Waals surface area contributed by atoms with Crippen molar-refractivity contribution < 1.29 is 9.90 Å². The molecule has 0 radical (unpaired) electrons. The number of hydrogen-bond acceptors (Lipinski definition) is 3. The highest BCUT2D eigenvalue weighted by atomic mass is 16.4. The minimum absolute atomic E-state index is 0.114. The second kappa shape index (κ2) is 2.30. The first kappa shape index (κ1) is 6.78. The van der Waals surface area contributed by atoms with Gasteiger partial charge in [-0.3, -0.25) is 0 Å². The Hall–Kier alpha value is -1.91. The van der Waals surface area contributed by atoms with E-state index in [4.69, 9.17) is 5.11 Å². The van der Waals surface area contributed by atoms with Crippen LogP contribution in [-0.4, -0.2) is 26.0 Å². The zero-order valence-electron chi connectivity index (χ0n) is 5.98. The molecular formula is C7H5N3O2. The number of H-pyrrole nitrogens is 1. The van der Waals surface area contributed by atoms with Gasteiger partial charge in [0.2, 0.25) is 0 Å². The number of nitrogens with zero attached hydrogens (tertiary/aromatic N) is 2. The van der Waals surface area contributed by atoms with Crippen LogP contribution in [0.15, 0.2) is 18.5 Å². The molecule has 0 aromatic heterocycles. The summed E-state index contributed by atoms with van der Waals surface area (Å²) in [7, 11) is 0. The highest BCUT2D eigenvalue weighted by Crippen LogP contribution is 2.13. The summed E-state index contributed by atoms with van der Waals surface area (Å²) < 4.78 is 0. The summed E-state index contributed by atoms with van der Waals surface area (Å²) in [6, 6.07) is 3.07. The third-order valence-electron chi connectivity index (χ3n) is 1.52. The molecule has 0 aromatic rings. The number of rotatable bonds is 1. The molecule has 5 nitrogen and oxygen atoms in total. The molecule has 2 heterocycles. The normalized spacial score (nSPS) is 10.3. The average Bonchev–Trinajstić information content (AvgIpc) is 2.49. The fourth-order valence-corrected chi connectivity index (χ4v) is 0.951. The Labute approximate surface area is 67.4 Å². The van der Waals surface area contributed by atoms with E-state index >= 15 is 0 Å². The molecule has 0 saturated carbocycles. The third kappa shape index (κ3) is 0.914. The Morgan fingerprint density at radius 1 is 1.42 bits per heavy atom. The summed E-state index contributed by atoms with van der Waals surface area (Å²) in [5, 5.41) is 8.60. The van der Waals surface area contributed by atoms with Crippen molar-refractivity contribution in [1.82, 2.24) is 15.0 Å². The maximum atomic E-state index is 10.5. The third-order valence-corrected chi connectivity index (χ3v) is 1.52. The Morgan fingerprint density at radius 2 is 2.25 bits per heavy atom. The second-order valence-electron chi connectivity index (χ2n) is 2.28. The summed E-state index contributed by atoms with van der Waals surface area (Å²) in [6.07, 6.45) is 1.38. The van der Waals surface area contributed by atoms with Gasteiger partial charge in [0, 0.05) is 0 Å². The molecule has 2 rings (SSSR count). The summed E-state index contributed by atoms with van der Waals surface area (Å²) >= 11 is 0. The highest BCUT2D eigenvalue weighted by molar-refractivity contribution is 5.86. The van der Waals surface area contributed by atoms with E-state index in [1.165, 1.54) is 12.4 Å². The Balaban J connectivity index is 2.62. The molecule has 0 spiro atoms. The molecule has 12 heavy (non-hydrogen) atoms. The van der Waals surface area contributed by atoms with Crippen molar-refractivity contribution in [1.29, 1.82) is 0 Å². The summed E-state index contributed by atoms with van der Waals surface area (Å²) in [5.74, 6) is -0.505. The van der Waals surface area contributed by atoms with Gasteiger partial charge in [0.1, 0.15) is 17.7 Å². The van der Waals surface area contributed by atoms with Gasteiger partial charge in [-0.05, 0) is 12.1 Å². The predicted octanol–water partition coefficient (Wildman–Crippen LogP) is 0.608. The fourth-order valence-electron chi connectivity index (χ4n) is 0.951. The topological polar surface area (TPSA) is 78.9 Å². The summed E-state index contributed by atoms with van der Waals surface area (Å²) in [4.78, 5) is 20.8. The van der Waals surface area contributed by atoms with E-state index in [0.717, 1.165) is 0 Å². The van der Waals surface area contributed by atoms with Crippen molar-refractivity contribution in [2.45, 2.75) is 0 Å². The van der Waals surface area contributed by atoms with Crippen LogP contribution in [0.3, 0.4) is 0 Å². The van der Waals surface area contributed by atoms with Gasteiger partial charge in [-0.15, -0.1) is 0 Å². The van der Waals surface area contributed by atoms with Gasteiger partial charge in [0.25, 0.3) is 0 Å². The molecule has 2 aliphatic rings. The highest BCUT2D eigenvalue weighted by Gasteiger charge is 2.09. The average molecular weight is 163 g/mol. The zero-order valence-corrected chi connectivity index (χ0v) is 5.98. The van der Waals surface area contributed by atoms with Crippen LogP contribution in [-0.2, 0) is 0 Å². The van der Waals surface area contributed by atoms with E-state index in [0.29, 0.717) is 11.5 Å². The van der Waals surface area contributed by atoms with Crippen LogP contribution < -0.4 is 0 Å². The van der Waals surface area contributed by atoms with Crippen LogP contribution in [0.2, 0.25) is 0 Å². The molecule has 0 saturated heterocycles. The Bertz CT molecular complexity index is 396. The lowest BCUT2D eigenvalue weighted by Crippen LogP contribution is -2.01. The van der Waals surface area contributed by atoms with Crippen molar-refractivity contribution in [3.8, 4) is 11.5 Å². The van der Waals surface area contributed by atoms with Crippen molar-refractivity contribution in [2.24, 2.45) is 0 Å². The van der Waals surface area contributed by atoms with Crippen molar-refractivity contribution in [2.75, 3.05) is 0 Å². The smallest absolute Gasteiger partial charge is 0.352 e. The molecule has 0 unspecified atom stereocenters. The summed E-state index contributed by atoms with van der Waals surface area (Å²) in [6.45, 7) is 0. The number of carbonyl (C=O) groups is 1. The molecule has 0 aliphatic carbocycles. The number of hydrogen-bond donors (Lipinski definition) is 2. The maximum absolute atomic E-state index is 10.5. The number of aromatic carboxylic acids is 1. The van der Waals surface area contributed by atoms with Crippen LogP contribution >= 0.6 is 0 Å². The molecular weight excluding hydrogens is 158 g/mol. The van der Waals surface area contributed by atoms with Crippen molar-refractivity contribution >= 4 is 5.97 Å². The van der Waals surface area contributed by atoms with Crippen molar-refractivity contribution in [3.63, 3.8) is 0 Å². The lowest BCUT2D eigenvalue weighted by atomic mass is 10.3. The van der Waals surface area contributed by atoms with E-state index in [1.807, 2.05) is 0 Å². The van der Waals surface area contributed by atoms with E-state index < -0.39 is 5.97 Å².